The van der Waals surface area contributed by atoms with E-state index in [1.807, 2.05) is 24.3 Å². The minimum atomic E-state index is 0.00797. The first-order valence-corrected chi connectivity index (χ1v) is 7.53. The van der Waals surface area contributed by atoms with Crippen LogP contribution in [0.4, 0.5) is 5.69 Å². The molecule has 106 valence electrons. The van der Waals surface area contributed by atoms with Gasteiger partial charge in [-0.15, -0.1) is 0 Å². The zero-order valence-corrected chi connectivity index (χ0v) is 11.9. The normalized spacial score (nSPS) is 19.1. The Labute approximate surface area is 124 Å². The monoisotopic (exact) mass is 278 g/mol. The van der Waals surface area contributed by atoms with Crippen LogP contribution in [0.2, 0.25) is 0 Å². The van der Waals surface area contributed by atoms with Crippen molar-refractivity contribution >= 4 is 11.6 Å². The zero-order valence-electron chi connectivity index (χ0n) is 11.9. The summed E-state index contributed by atoms with van der Waals surface area (Å²) in [6, 6.07) is 14.4. The predicted molar refractivity (Wildman–Crippen MR) is 83.4 cm³/mol. The number of carbonyl (C=O) groups is 1. The van der Waals surface area contributed by atoms with Crippen LogP contribution in [0.15, 0.2) is 42.5 Å². The van der Waals surface area contributed by atoms with Crippen LogP contribution < -0.4 is 10.6 Å². The molecule has 0 radical (unpaired) electrons. The fourth-order valence-corrected chi connectivity index (χ4v) is 3.34. The lowest BCUT2D eigenvalue weighted by Gasteiger charge is -2.29. The van der Waals surface area contributed by atoms with Gasteiger partial charge in [0, 0.05) is 12.2 Å². The summed E-state index contributed by atoms with van der Waals surface area (Å²) in [5.41, 5.74) is 6.03. The molecule has 4 rings (SSSR count). The molecule has 3 nitrogen and oxygen atoms in total. The van der Waals surface area contributed by atoms with Crippen molar-refractivity contribution in [2.45, 2.75) is 25.3 Å². The van der Waals surface area contributed by atoms with Crippen molar-refractivity contribution in [2.24, 2.45) is 0 Å². The van der Waals surface area contributed by atoms with Crippen molar-refractivity contribution in [1.29, 1.82) is 0 Å². The van der Waals surface area contributed by atoms with Gasteiger partial charge in [-0.1, -0.05) is 36.4 Å². The Bertz CT molecular complexity index is 708. The molecule has 2 aromatic rings. The maximum atomic E-state index is 12.5. The van der Waals surface area contributed by atoms with E-state index in [9.17, 15) is 4.79 Å². The van der Waals surface area contributed by atoms with Crippen LogP contribution in [0.1, 0.15) is 28.2 Å². The molecule has 1 unspecified atom stereocenters. The van der Waals surface area contributed by atoms with Crippen LogP contribution in [-0.4, -0.2) is 12.5 Å². The average molecular weight is 278 g/mol. The quantitative estimate of drug-likeness (QED) is 0.886. The Hall–Kier alpha value is -2.13. The highest BCUT2D eigenvalue weighted by molar-refractivity contribution is 5.98. The van der Waals surface area contributed by atoms with Gasteiger partial charge in [-0.05, 0) is 47.7 Å². The summed E-state index contributed by atoms with van der Waals surface area (Å²) in [5, 5.41) is 6.51. The third-order valence-corrected chi connectivity index (χ3v) is 4.57. The molecular weight excluding hydrogens is 260 g/mol. The van der Waals surface area contributed by atoms with Crippen molar-refractivity contribution in [2.75, 3.05) is 11.9 Å². The number of anilines is 1. The van der Waals surface area contributed by atoms with E-state index in [2.05, 4.69) is 28.8 Å². The van der Waals surface area contributed by atoms with Gasteiger partial charge in [0.15, 0.2) is 0 Å². The third kappa shape index (κ3) is 2.14. The van der Waals surface area contributed by atoms with Crippen LogP contribution in [0.25, 0.3) is 0 Å². The molecule has 1 aliphatic carbocycles. The summed E-state index contributed by atoms with van der Waals surface area (Å²) in [4.78, 5) is 12.5. The molecule has 3 heteroatoms. The van der Waals surface area contributed by atoms with Crippen LogP contribution in [0.5, 0.6) is 0 Å². The number of hydrogen-bond acceptors (Lipinski definition) is 2. The lowest BCUT2D eigenvalue weighted by Crippen LogP contribution is -2.31. The molecule has 21 heavy (non-hydrogen) atoms. The van der Waals surface area contributed by atoms with E-state index in [0.29, 0.717) is 0 Å². The highest BCUT2D eigenvalue weighted by atomic mass is 16.1. The van der Waals surface area contributed by atoms with Crippen molar-refractivity contribution in [1.82, 2.24) is 5.32 Å². The van der Waals surface area contributed by atoms with E-state index in [-0.39, 0.29) is 11.8 Å². The van der Waals surface area contributed by atoms with Gasteiger partial charge in [-0.2, -0.15) is 0 Å². The first kappa shape index (κ1) is 12.6. The highest BCUT2D eigenvalue weighted by Gasteiger charge is 2.32. The number of benzene rings is 2. The molecule has 0 bridgehead atoms. The van der Waals surface area contributed by atoms with Gasteiger partial charge in [0.05, 0.1) is 5.92 Å². The summed E-state index contributed by atoms with van der Waals surface area (Å²) in [6.45, 7) is 1.85. The number of nitrogens with one attached hydrogen (secondary N) is 2. The SMILES string of the molecule is O=C(Nc1cccc2c1CNCC2)C1Cc2ccccc21. The van der Waals surface area contributed by atoms with Crippen LogP contribution in [0, 0.1) is 0 Å². The molecule has 0 spiro atoms. The molecule has 1 aliphatic heterocycles. The Morgan fingerprint density at radius 2 is 1.95 bits per heavy atom. The Morgan fingerprint density at radius 3 is 2.86 bits per heavy atom. The third-order valence-electron chi connectivity index (χ3n) is 4.57. The number of hydrogen-bond donors (Lipinski definition) is 2. The summed E-state index contributed by atoms with van der Waals surface area (Å²) < 4.78 is 0. The second kappa shape index (κ2) is 5.01. The van der Waals surface area contributed by atoms with E-state index in [1.165, 1.54) is 22.3 Å². The van der Waals surface area contributed by atoms with Crippen molar-refractivity contribution in [3.05, 3.63) is 64.7 Å². The first-order valence-electron chi connectivity index (χ1n) is 7.53. The van der Waals surface area contributed by atoms with E-state index in [0.717, 1.165) is 31.6 Å². The highest BCUT2D eigenvalue weighted by Crippen LogP contribution is 2.36. The second-order valence-electron chi connectivity index (χ2n) is 5.81. The summed E-state index contributed by atoms with van der Waals surface area (Å²) >= 11 is 0. The maximum Gasteiger partial charge on any atom is 0.232 e. The van der Waals surface area contributed by atoms with E-state index >= 15 is 0 Å². The van der Waals surface area contributed by atoms with Gasteiger partial charge in [-0.3, -0.25) is 4.79 Å². The molecule has 0 saturated heterocycles. The molecule has 2 aliphatic rings. The molecule has 1 heterocycles. The lowest BCUT2D eigenvalue weighted by atomic mass is 9.77. The van der Waals surface area contributed by atoms with Crippen molar-refractivity contribution < 1.29 is 4.79 Å². The predicted octanol–water partition coefficient (Wildman–Crippen LogP) is 2.61. The fraction of sp³-hybridized carbons (Fsp3) is 0.278. The molecule has 0 aromatic heterocycles. The standard InChI is InChI=1S/C18H18N2O/c21-18(15-10-13-4-1-2-6-14(13)15)20-17-7-3-5-12-8-9-19-11-16(12)17/h1-7,15,19H,8-11H2,(H,20,21). The topological polar surface area (TPSA) is 41.1 Å². The number of rotatable bonds is 2. The number of amides is 1. The minimum Gasteiger partial charge on any atom is -0.325 e. The molecule has 2 N–H and O–H groups in total. The largest absolute Gasteiger partial charge is 0.325 e. The van der Waals surface area contributed by atoms with Gasteiger partial charge < -0.3 is 10.6 Å². The lowest BCUT2D eigenvalue weighted by molar-refractivity contribution is -0.118. The minimum absolute atomic E-state index is 0.00797. The summed E-state index contributed by atoms with van der Waals surface area (Å²) in [5.74, 6) is 0.126. The van der Waals surface area contributed by atoms with Gasteiger partial charge in [0.2, 0.25) is 5.91 Å². The van der Waals surface area contributed by atoms with Crippen LogP contribution in [-0.2, 0) is 24.2 Å². The Balaban J connectivity index is 1.56. The zero-order chi connectivity index (χ0) is 14.2. The molecule has 0 saturated carbocycles. The summed E-state index contributed by atoms with van der Waals surface area (Å²) in [7, 11) is 0. The molecule has 1 amide bonds. The fourth-order valence-electron chi connectivity index (χ4n) is 3.34. The van der Waals surface area contributed by atoms with Gasteiger partial charge >= 0.3 is 0 Å². The summed E-state index contributed by atoms with van der Waals surface area (Å²) in [6.07, 6.45) is 1.89. The average Bonchev–Trinajstić information content (AvgIpc) is 2.49. The van der Waals surface area contributed by atoms with Gasteiger partial charge in [0.1, 0.15) is 0 Å². The van der Waals surface area contributed by atoms with Gasteiger partial charge in [0.25, 0.3) is 0 Å². The van der Waals surface area contributed by atoms with Crippen molar-refractivity contribution in [3.8, 4) is 0 Å². The number of carbonyl (C=O) groups excluding carboxylic acids is 1. The van der Waals surface area contributed by atoms with Crippen LogP contribution in [0.3, 0.4) is 0 Å². The smallest absolute Gasteiger partial charge is 0.232 e. The van der Waals surface area contributed by atoms with Crippen molar-refractivity contribution in [3.63, 3.8) is 0 Å². The van der Waals surface area contributed by atoms with Gasteiger partial charge in [-0.25, -0.2) is 0 Å². The number of fused-ring (bicyclic) bond motifs is 2. The van der Waals surface area contributed by atoms with E-state index in [4.69, 9.17) is 0 Å². The molecular formula is C18H18N2O. The van der Waals surface area contributed by atoms with E-state index < -0.39 is 0 Å². The first-order chi connectivity index (χ1) is 10.3. The maximum absolute atomic E-state index is 12.5. The Kier molecular flexibility index (Phi) is 3.00. The van der Waals surface area contributed by atoms with Crippen LogP contribution >= 0.6 is 0 Å². The van der Waals surface area contributed by atoms with E-state index in [1.54, 1.807) is 0 Å². The molecule has 0 fully saturated rings. The Morgan fingerprint density at radius 1 is 1.10 bits per heavy atom. The molecule has 2 aromatic carbocycles. The molecule has 1 atom stereocenters. The second-order valence-corrected chi connectivity index (χ2v) is 5.81.